The summed E-state index contributed by atoms with van der Waals surface area (Å²) < 4.78 is 0. The molecule has 1 atom stereocenters. The van der Waals surface area contributed by atoms with Crippen molar-refractivity contribution in [2.24, 2.45) is 0 Å². The summed E-state index contributed by atoms with van der Waals surface area (Å²) in [6.07, 6.45) is 4.73. The third-order valence-corrected chi connectivity index (χ3v) is 3.10. The monoisotopic (exact) mass is 280 g/mol. The van der Waals surface area contributed by atoms with Crippen LogP contribution in [-0.2, 0) is 0 Å². The molecule has 1 amide bonds. The van der Waals surface area contributed by atoms with E-state index in [1.807, 2.05) is 20.8 Å². The summed E-state index contributed by atoms with van der Waals surface area (Å²) in [7, 11) is 0. The summed E-state index contributed by atoms with van der Waals surface area (Å²) in [5.41, 5.74) is 5.68. The standard InChI is InChI=1S/C14H24N4O2/c1-5-6-7-11(10-8-17-12(15)9-16-10)18(13(19)20)14(2,3)4/h8-9,11H,5-7H2,1-4H3,(H2,15,17)(H,19,20)/t11-/m1/s1. The molecule has 0 aliphatic carbocycles. The number of aromatic nitrogens is 2. The second-order valence-corrected chi connectivity index (χ2v) is 5.85. The van der Waals surface area contributed by atoms with Gasteiger partial charge in [0.05, 0.1) is 24.1 Å². The van der Waals surface area contributed by atoms with E-state index in [4.69, 9.17) is 5.73 Å². The van der Waals surface area contributed by atoms with Gasteiger partial charge < -0.3 is 10.8 Å². The molecule has 0 fully saturated rings. The van der Waals surface area contributed by atoms with Crippen LogP contribution in [0, 0.1) is 0 Å². The van der Waals surface area contributed by atoms with Gasteiger partial charge in [-0.1, -0.05) is 19.8 Å². The first-order chi connectivity index (χ1) is 9.27. The normalized spacial score (nSPS) is 13.0. The molecule has 0 saturated heterocycles. The maximum Gasteiger partial charge on any atom is 0.408 e. The van der Waals surface area contributed by atoms with Crippen LogP contribution in [0.1, 0.15) is 58.7 Å². The lowest BCUT2D eigenvalue weighted by atomic mass is 9.98. The molecular weight excluding hydrogens is 256 g/mol. The Balaban J connectivity index is 3.15. The first-order valence-electron chi connectivity index (χ1n) is 6.87. The van der Waals surface area contributed by atoms with Crippen molar-refractivity contribution in [2.75, 3.05) is 5.73 Å². The Morgan fingerprint density at radius 2 is 2.05 bits per heavy atom. The molecule has 112 valence electrons. The summed E-state index contributed by atoms with van der Waals surface area (Å²) >= 11 is 0. The zero-order valence-corrected chi connectivity index (χ0v) is 12.6. The van der Waals surface area contributed by atoms with E-state index in [-0.39, 0.29) is 6.04 Å². The molecule has 0 aromatic carbocycles. The molecule has 0 saturated carbocycles. The van der Waals surface area contributed by atoms with Gasteiger partial charge >= 0.3 is 6.09 Å². The van der Waals surface area contributed by atoms with E-state index < -0.39 is 11.6 Å². The number of nitrogens with zero attached hydrogens (tertiary/aromatic N) is 3. The lowest BCUT2D eigenvalue weighted by molar-refractivity contribution is 0.0644. The highest BCUT2D eigenvalue weighted by Crippen LogP contribution is 2.31. The molecule has 0 unspecified atom stereocenters. The summed E-state index contributed by atoms with van der Waals surface area (Å²) in [6.45, 7) is 7.72. The minimum absolute atomic E-state index is 0.305. The van der Waals surface area contributed by atoms with Gasteiger partial charge in [0.1, 0.15) is 5.82 Å². The van der Waals surface area contributed by atoms with Gasteiger partial charge in [0.2, 0.25) is 0 Å². The summed E-state index contributed by atoms with van der Waals surface area (Å²) in [4.78, 5) is 21.4. The topological polar surface area (TPSA) is 92.3 Å². The number of amides is 1. The SMILES string of the molecule is CCCC[C@H](c1cnc(N)cn1)N(C(=O)O)C(C)(C)C. The maximum atomic E-state index is 11.6. The molecule has 6 nitrogen and oxygen atoms in total. The number of unbranched alkanes of at least 4 members (excludes halogenated alkanes) is 1. The first-order valence-corrected chi connectivity index (χ1v) is 6.87. The number of carboxylic acid groups (broad SMARTS) is 1. The molecule has 3 N–H and O–H groups in total. The smallest absolute Gasteiger partial charge is 0.408 e. The zero-order chi connectivity index (χ0) is 15.3. The molecule has 0 spiro atoms. The van der Waals surface area contributed by atoms with Crippen LogP contribution in [0.5, 0.6) is 0 Å². The third-order valence-electron chi connectivity index (χ3n) is 3.10. The van der Waals surface area contributed by atoms with Gasteiger partial charge in [-0.3, -0.25) is 9.88 Å². The maximum absolute atomic E-state index is 11.6. The summed E-state index contributed by atoms with van der Waals surface area (Å²) in [5, 5.41) is 9.55. The van der Waals surface area contributed by atoms with Crippen molar-refractivity contribution in [1.82, 2.24) is 14.9 Å². The van der Waals surface area contributed by atoms with Crippen LogP contribution >= 0.6 is 0 Å². The second kappa shape index (κ2) is 6.54. The van der Waals surface area contributed by atoms with E-state index in [1.54, 1.807) is 6.20 Å². The number of rotatable bonds is 5. The average molecular weight is 280 g/mol. The van der Waals surface area contributed by atoms with Crippen molar-refractivity contribution >= 4 is 11.9 Å². The highest BCUT2D eigenvalue weighted by molar-refractivity contribution is 5.66. The highest BCUT2D eigenvalue weighted by Gasteiger charge is 2.34. The van der Waals surface area contributed by atoms with Gasteiger partial charge in [-0.15, -0.1) is 0 Å². The third kappa shape index (κ3) is 4.08. The van der Waals surface area contributed by atoms with E-state index in [1.165, 1.54) is 11.1 Å². The van der Waals surface area contributed by atoms with Crippen molar-refractivity contribution in [1.29, 1.82) is 0 Å². The molecule has 1 aromatic heterocycles. The summed E-state index contributed by atoms with van der Waals surface area (Å²) in [6, 6.07) is -0.305. The highest BCUT2D eigenvalue weighted by atomic mass is 16.4. The van der Waals surface area contributed by atoms with E-state index in [2.05, 4.69) is 16.9 Å². The fraction of sp³-hybridized carbons (Fsp3) is 0.643. The Morgan fingerprint density at radius 1 is 1.40 bits per heavy atom. The van der Waals surface area contributed by atoms with Crippen molar-refractivity contribution in [3.8, 4) is 0 Å². The van der Waals surface area contributed by atoms with Crippen LogP contribution in [-0.4, -0.2) is 31.6 Å². The fourth-order valence-corrected chi connectivity index (χ4v) is 2.21. The largest absolute Gasteiger partial charge is 0.465 e. The van der Waals surface area contributed by atoms with Gasteiger partial charge in [0.25, 0.3) is 0 Å². The molecule has 0 aliphatic heterocycles. The number of nitrogens with two attached hydrogens (primary N) is 1. The Kier molecular flexibility index (Phi) is 5.30. The molecule has 0 bridgehead atoms. The first kappa shape index (κ1) is 16.2. The van der Waals surface area contributed by atoms with Gasteiger partial charge in [0, 0.05) is 5.54 Å². The number of hydrogen-bond donors (Lipinski definition) is 2. The van der Waals surface area contributed by atoms with Crippen LogP contribution in [0.3, 0.4) is 0 Å². The fourth-order valence-electron chi connectivity index (χ4n) is 2.21. The predicted octanol–water partition coefficient (Wildman–Crippen LogP) is 3.07. The van der Waals surface area contributed by atoms with Gasteiger partial charge in [-0.2, -0.15) is 0 Å². The van der Waals surface area contributed by atoms with E-state index in [9.17, 15) is 9.90 Å². The predicted molar refractivity (Wildman–Crippen MR) is 78.3 cm³/mol. The molecule has 1 heterocycles. The minimum Gasteiger partial charge on any atom is -0.465 e. The Morgan fingerprint density at radius 3 is 2.45 bits per heavy atom. The number of carbonyl (C=O) groups is 1. The lowest BCUT2D eigenvalue weighted by Crippen LogP contribution is -2.47. The molecular formula is C14H24N4O2. The number of anilines is 1. The Bertz CT molecular complexity index is 439. The van der Waals surface area contributed by atoms with Crippen molar-refractivity contribution in [3.63, 3.8) is 0 Å². The molecule has 1 aromatic rings. The van der Waals surface area contributed by atoms with Crippen molar-refractivity contribution in [3.05, 3.63) is 18.1 Å². The summed E-state index contributed by atoms with van der Waals surface area (Å²) in [5.74, 6) is 0.334. The van der Waals surface area contributed by atoms with Crippen LogP contribution in [0.25, 0.3) is 0 Å². The number of nitrogen functional groups attached to an aromatic ring is 1. The lowest BCUT2D eigenvalue weighted by Gasteiger charge is -2.39. The van der Waals surface area contributed by atoms with Gasteiger partial charge in [-0.25, -0.2) is 9.78 Å². The quantitative estimate of drug-likeness (QED) is 0.864. The Labute approximate surface area is 120 Å². The van der Waals surface area contributed by atoms with E-state index in [0.29, 0.717) is 11.5 Å². The second-order valence-electron chi connectivity index (χ2n) is 5.85. The van der Waals surface area contributed by atoms with Gasteiger partial charge in [-0.05, 0) is 27.2 Å². The van der Waals surface area contributed by atoms with Crippen LogP contribution in [0.2, 0.25) is 0 Å². The van der Waals surface area contributed by atoms with E-state index >= 15 is 0 Å². The van der Waals surface area contributed by atoms with Crippen molar-refractivity contribution in [2.45, 2.75) is 58.5 Å². The van der Waals surface area contributed by atoms with Crippen molar-refractivity contribution < 1.29 is 9.90 Å². The van der Waals surface area contributed by atoms with E-state index in [0.717, 1.165) is 19.3 Å². The minimum atomic E-state index is -0.947. The van der Waals surface area contributed by atoms with Crippen LogP contribution in [0.15, 0.2) is 12.4 Å². The Hall–Kier alpha value is -1.85. The molecule has 0 aliphatic rings. The molecule has 1 rings (SSSR count). The van der Waals surface area contributed by atoms with Gasteiger partial charge in [0.15, 0.2) is 0 Å². The van der Waals surface area contributed by atoms with Crippen LogP contribution in [0.4, 0.5) is 10.6 Å². The number of hydrogen-bond acceptors (Lipinski definition) is 4. The van der Waals surface area contributed by atoms with Crippen LogP contribution < -0.4 is 5.73 Å². The molecule has 20 heavy (non-hydrogen) atoms. The molecule has 0 radical (unpaired) electrons. The average Bonchev–Trinajstić information content (AvgIpc) is 2.33. The molecule has 6 heteroatoms. The zero-order valence-electron chi connectivity index (χ0n) is 12.6.